The summed E-state index contributed by atoms with van der Waals surface area (Å²) in [7, 11) is 0. The Hall–Kier alpha value is -0.860. The summed E-state index contributed by atoms with van der Waals surface area (Å²) in [5, 5.41) is 45.3. The van der Waals surface area contributed by atoms with Gasteiger partial charge in [0.25, 0.3) is 0 Å². The van der Waals surface area contributed by atoms with E-state index in [-0.39, 0.29) is 6.29 Å². The van der Waals surface area contributed by atoms with Gasteiger partial charge in [0.2, 0.25) is 0 Å². The Bertz CT molecular complexity index is 229. The number of aldehydes is 1. The van der Waals surface area contributed by atoms with Crippen LogP contribution in [0.15, 0.2) is 0 Å². The molecular weight excluding hydrogens is 208 g/mol. The Morgan fingerprint density at radius 1 is 1.00 bits per heavy atom. The molecule has 0 saturated heterocycles. The van der Waals surface area contributed by atoms with E-state index in [9.17, 15) is 14.7 Å². The van der Waals surface area contributed by atoms with Gasteiger partial charge in [-0.25, -0.2) is 0 Å². The minimum absolute atomic E-state index is 0.0409. The normalized spacial score (nSPS) is 21.2. The van der Waals surface area contributed by atoms with Crippen molar-refractivity contribution in [3.8, 4) is 0 Å². The second-order valence-electron chi connectivity index (χ2n) is 3.15. The summed E-state index contributed by atoms with van der Waals surface area (Å²) >= 11 is 0. The summed E-state index contributed by atoms with van der Waals surface area (Å²) in [4.78, 5) is 20.7. The van der Waals surface area contributed by atoms with Gasteiger partial charge in [-0.2, -0.15) is 0 Å². The van der Waals surface area contributed by atoms with E-state index in [1.165, 1.54) is 0 Å². The van der Waals surface area contributed by atoms with E-state index >= 15 is 0 Å². The molecule has 0 rings (SSSR count). The van der Waals surface area contributed by atoms with Crippen LogP contribution in [0.3, 0.4) is 0 Å². The van der Waals surface area contributed by atoms with Crippen LogP contribution in [0.1, 0.15) is 6.92 Å². The Morgan fingerprint density at radius 3 is 1.80 bits per heavy atom. The highest BCUT2D eigenvalue weighted by Gasteiger charge is 2.35. The molecule has 0 bridgehead atoms. The molecule has 0 aliphatic carbocycles. The third kappa shape index (κ3) is 3.65. The predicted molar refractivity (Wildman–Crippen MR) is 46.8 cm³/mol. The molecule has 0 amide bonds. The van der Waals surface area contributed by atoms with Gasteiger partial charge >= 0.3 is 0 Å². The second kappa shape index (κ2) is 5.89. The molecule has 0 spiro atoms. The molecule has 0 fully saturated rings. The molecule has 7 nitrogen and oxygen atoms in total. The number of carbonyl (C=O) groups is 2. The first-order valence-electron chi connectivity index (χ1n) is 4.19. The van der Waals surface area contributed by atoms with Crippen molar-refractivity contribution in [3.63, 3.8) is 0 Å². The number of hydrogen-bond acceptors (Lipinski definition) is 7. The number of aliphatic hydroxyl groups excluding tert-OH is 5. The van der Waals surface area contributed by atoms with Crippen molar-refractivity contribution in [3.05, 3.63) is 0 Å². The average Bonchev–Trinajstić information content (AvgIpc) is 2.23. The van der Waals surface area contributed by atoms with E-state index in [1.54, 1.807) is 0 Å². The summed E-state index contributed by atoms with van der Waals surface area (Å²) < 4.78 is 0. The quantitative estimate of drug-likeness (QED) is 0.295. The van der Waals surface area contributed by atoms with Crippen LogP contribution in [-0.2, 0) is 9.59 Å². The van der Waals surface area contributed by atoms with Crippen LogP contribution in [0.5, 0.6) is 0 Å². The Kier molecular flexibility index (Phi) is 5.55. The van der Waals surface area contributed by atoms with Gasteiger partial charge in [0.1, 0.15) is 30.5 Å². The fourth-order valence-corrected chi connectivity index (χ4v) is 0.912. The predicted octanol–water partition coefficient (Wildman–Crippen LogP) is -3.42. The van der Waals surface area contributed by atoms with E-state index in [4.69, 9.17) is 20.4 Å². The van der Waals surface area contributed by atoms with Gasteiger partial charge in [-0.3, -0.25) is 4.79 Å². The molecule has 7 heteroatoms. The van der Waals surface area contributed by atoms with E-state index in [0.29, 0.717) is 0 Å². The lowest BCUT2D eigenvalue weighted by molar-refractivity contribution is -0.153. The average molecular weight is 222 g/mol. The zero-order valence-corrected chi connectivity index (χ0v) is 8.02. The molecule has 0 heterocycles. The molecule has 0 aliphatic heterocycles. The molecule has 0 aromatic rings. The van der Waals surface area contributed by atoms with Crippen molar-refractivity contribution in [2.24, 2.45) is 0 Å². The van der Waals surface area contributed by atoms with Gasteiger partial charge in [-0.05, 0) is 6.92 Å². The van der Waals surface area contributed by atoms with E-state index < -0.39 is 36.3 Å². The van der Waals surface area contributed by atoms with Gasteiger partial charge in [0.05, 0.1) is 0 Å². The van der Waals surface area contributed by atoms with Crippen LogP contribution in [0, 0.1) is 0 Å². The highest BCUT2D eigenvalue weighted by atomic mass is 16.4. The number of aliphatic hydroxyl groups is 5. The van der Waals surface area contributed by atoms with Crippen LogP contribution < -0.4 is 0 Å². The van der Waals surface area contributed by atoms with Crippen LogP contribution in [-0.4, -0.2) is 68.1 Å². The smallest absolute Gasteiger partial charge is 0.160 e. The summed E-state index contributed by atoms with van der Waals surface area (Å²) in [6, 6.07) is 0. The number of hydrogen-bond donors (Lipinski definition) is 5. The van der Waals surface area contributed by atoms with Gasteiger partial charge < -0.3 is 30.3 Å². The minimum atomic E-state index is -2.00. The van der Waals surface area contributed by atoms with Gasteiger partial charge in [-0.1, -0.05) is 0 Å². The molecule has 5 atom stereocenters. The monoisotopic (exact) mass is 222 g/mol. The maximum Gasteiger partial charge on any atom is 0.160 e. The zero-order chi connectivity index (χ0) is 12.2. The third-order valence-electron chi connectivity index (χ3n) is 1.93. The molecular formula is C8H14O7. The maximum atomic E-state index is 10.6. The van der Waals surface area contributed by atoms with Gasteiger partial charge in [-0.15, -0.1) is 0 Å². The lowest BCUT2D eigenvalue weighted by Crippen LogP contribution is -2.51. The van der Waals surface area contributed by atoms with Crippen LogP contribution in [0.25, 0.3) is 0 Å². The summed E-state index contributed by atoms with van der Waals surface area (Å²) in [6.45, 7) is 0.975. The van der Waals surface area contributed by atoms with E-state index in [1.807, 2.05) is 0 Å². The Labute approximate surface area is 85.6 Å². The van der Waals surface area contributed by atoms with E-state index in [2.05, 4.69) is 0 Å². The molecule has 0 aromatic heterocycles. The van der Waals surface area contributed by atoms with Crippen molar-refractivity contribution in [2.75, 3.05) is 0 Å². The first-order chi connectivity index (χ1) is 6.82. The van der Waals surface area contributed by atoms with Gasteiger partial charge in [0.15, 0.2) is 12.1 Å². The standard InChI is InChI=1S/C8H14O7/c1-3(10)5(12)7(14)8(15)6(13)4(11)2-9/h2,4-8,11-15H,1H3. The maximum absolute atomic E-state index is 10.6. The number of carbonyl (C=O) groups excluding carboxylic acids is 2. The van der Waals surface area contributed by atoms with Crippen LogP contribution in [0.4, 0.5) is 0 Å². The van der Waals surface area contributed by atoms with Crippen molar-refractivity contribution >= 4 is 12.1 Å². The fraction of sp³-hybridized carbons (Fsp3) is 0.750. The lowest BCUT2D eigenvalue weighted by atomic mass is 9.98. The fourth-order valence-electron chi connectivity index (χ4n) is 0.912. The zero-order valence-electron chi connectivity index (χ0n) is 8.02. The van der Waals surface area contributed by atoms with Crippen molar-refractivity contribution in [1.29, 1.82) is 0 Å². The molecule has 88 valence electrons. The topological polar surface area (TPSA) is 135 Å². The molecule has 5 unspecified atom stereocenters. The largest absolute Gasteiger partial charge is 0.387 e. The highest BCUT2D eigenvalue weighted by molar-refractivity contribution is 5.80. The van der Waals surface area contributed by atoms with Gasteiger partial charge in [0, 0.05) is 0 Å². The Balaban J connectivity index is 4.49. The number of rotatable bonds is 6. The summed E-state index contributed by atoms with van der Waals surface area (Å²) in [5.74, 6) is -0.811. The first kappa shape index (κ1) is 14.1. The summed E-state index contributed by atoms with van der Waals surface area (Å²) in [6.07, 6.45) is -9.74. The third-order valence-corrected chi connectivity index (χ3v) is 1.93. The molecule has 0 radical (unpaired) electrons. The lowest BCUT2D eigenvalue weighted by Gasteiger charge is -2.26. The molecule has 0 saturated carbocycles. The van der Waals surface area contributed by atoms with Crippen LogP contribution in [0.2, 0.25) is 0 Å². The van der Waals surface area contributed by atoms with Crippen molar-refractivity contribution < 1.29 is 35.1 Å². The number of ketones is 1. The minimum Gasteiger partial charge on any atom is -0.387 e. The molecule has 0 aliphatic rings. The first-order valence-corrected chi connectivity index (χ1v) is 4.19. The highest BCUT2D eigenvalue weighted by Crippen LogP contribution is 2.08. The molecule has 15 heavy (non-hydrogen) atoms. The van der Waals surface area contributed by atoms with Crippen molar-refractivity contribution in [1.82, 2.24) is 0 Å². The number of Topliss-reactive ketones (excluding diaryl/α,β-unsaturated/α-hetero) is 1. The summed E-state index contributed by atoms with van der Waals surface area (Å²) in [5.41, 5.74) is 0. The molecule has 5 N–H and O–H groups in total. The van der Waals surface area contributed by atoms with Crippen LogP contribution >= 0.6 is 0 Å². The molecule has 0 aromatic carbocycles. The second-order valence-corrected chi connectivity index (χ2v) is 3.15. The van der Waals surface area contributed by atoms with Crippen molar-refractivity contribution in [2.45, 2.75) is 37.4 Å². The Morgan fingerprint density at radius 2 is 1.47 bits per heavy atom. The SMILES string of the molecule is CC(=O)C(O)C(O)C(O)C(O)C(O)C=O. The van der Waals surface area contributed by atoms with E-state index in [0.717, 1.165) is 6.92 Å².